The number of halogens is 1. The molecule has 1 heterocycles. The summed E-state index contributed by atoms with van der Waals surface area (Å²) in [6.07, 6.45) is 0. The van der Waals surface area contributed by atoms with Crippen LogP contribution >= 0.6 is 23.4 Å². The third-order valence-corrected chi connectivity index (χ3v) is 3.75. The van der Waals surface area contributed by atoms with E-state index < -0.39 is 0 Å². The van der Waals surface area contributed by atoms with E-state index in [2.05, 4.69) is 24.9 Å². The van der Waals surface area contributed by atoms with Crippen molar-refractivity contribution in [1.82, 2.24) is 4.98 Å². The van der Waals surface area contributed by atoms with Gasteiger partial charge in [0.05, 0.1) is 0 Å². The van der Waals surface area contributed by atoms with E-state index in [1.165, 1.54) is 0 Å². The minimum absolute atomic E-state index is 0.0257. The van der Waals surface area contributed by atoms with Crippen LogP contribution in [0.25, 0.3) is 0 Å². The van der Waals surface area contributed by atoms with Crippen molar-refractivity contribution in [2.45, 2.75) is 30.4 Å². The van der Waals surface area contributed by atoms with E-state index >= 15 is 0 Å². The van der Waals surface area contributed by atoms with Gasteiger partial charge >= 0.3 is 0 Å². The molecule has 0 unspecified atom stereocenters. The van der Waals surface area contributed by atoms with Gasteiger partial charge in [-0.3, -0.25) is 0 Å². The van der Waals surface area contributed by atoms with Gasteiger partial charge in [0.2, 0.25) is 0 Å². The predicted octanol–water partition coefficient (Wildman–Crippen LogP) is 3.37. The number of rotatable bonds is 3. The second-order valence-corrected chi connectivity index (χ2v) is 5.98. The summed E-state index contributed by atoms with van der Waals surface area (Å²) in [7, 11) is 0. The molecule has 1 aromatic rings. The van der Waals surface area contributed by atoms with E-state index in [1.807, 2.05) is 13.0 Å². The summed E-state index contributed by atoms with van der Waals surface area (Å²) in [5.74, 6) is 0.570. The standard InChI is InChI=1S/C11H13ClN2S/c1-8-4-10(5-9(6-13)14-8)15-11(2,3)7-12/h4-5H,7H2,1-3H3. The van der Waals surface area contributed by atoms with Crippen molar-refractivity contribution in [3.8, 4) is 6.07 Å². The molecule has 0 aliphatic heterocycles. The first-order chi connectivity index (χ1) is 6.96. The molecular weight excluding hydrogens is 228 g/mol. The van der Waals surface area contributed by atoms with Gasteiger partial charge in [0.1, 0.15) is 11.8 Å². The summed E-state index contributed by atoms with van der Waals surface area (Å²) in [5, 5.41) is 8.79. The lowest BCUT2D eigenvalue weighted by molar-refractivity contribution is 0.810. The van der Waals surface area contributed by atoms with Gasteiger partial charge in [0, 0.05) is 21.2 Å². The molecule has 0 saturated heterocycles. The minimum atomic E-state index is -0.0257. The third-order valence-electron chi connectivity index (χ3n) is 1.76. The Morgan fingerprint density at radius 3 is 2.73 bits per heavy atom. The fraction of sp³-hybridized carbons (Fsp3) is 0.455. The Kier molecular flexibility index (Phi) is 4.01. The number of nitrogens with zero attached hydrogens (tertiary/aromatic N) is 2. The molecule has 0 amide bonds. The highest BCUT2D eigenvalue weighted by Gasteiger charge is 2.18. The van der Waals surface area contributed by atoms with E-state index in [0.29, 0.717) is 11.6 Å². The zero-order chi connectivity index (χ0) is 11.5. The van der Waals surface area contributed by atoms with E-state index in [-0.39, 0.29) is 4.75 Å². The molecule has 0 bridgehead atoms. The van der Waals surface area contributed by atoms with Crippen LogP contribution in [-0.4, -0.2) is 15.6 Å². The first kappa shape index (κ1) is 12.4. The Hall–Kier alpha value is -0.720. The third kappa shape index (κ3) is 3.73. The monoisotopic (exact) mass is 240 g/mol. The normalized spacial score (nSPS) is 11.1. The maximum atomic E-state index is 8.79. The number of thioether (sulfide) groups is 1. The van der Waals surface area contributed by atoms with Gasteiger partial charge in [0.25, 0.3) is 0 Å². The lowest BCUT2D eigenvalue weighted by atomic mass is 10.2. The van der Waals surface area contributed by atoms with E-state index in [4.69, 9.17) is 16.9 Å². The number of alkyl halides is 1. The first-order valence-electron chi connectivity index (χ1n) is 4.60. The number of hydrogen-bond acceptors (Lipinski definition) is 3. The molecule has 2 nitrogen and oxygen atoms in total. The number of nitriles is 1. The van der Waals surface area contributed by atoms with Crippen LogP contribution in [0, 0.1) is 18.3 Å². The van der Waals surface area contributed by atoms with Crippen molar-refractivity contribution in [3.63, 3.8) is 0 Å². The highest BCUT2D eigenvalue weighted by atomic mass is 35.5. The van der Waals surface area contributed by atoms with Crippen molar-refractivity contribution in [2.75, 3.05) is 5.88 Å². The van der Waals surface area contributed by atoms with Crippen molar-refractivity contribution in [1.29, 1.82) is 5.26 Å². The van der Waals surface area contributed by atoms with Crippen LogP contribution in [0.3, 0.4) is 0 Å². The SMILES string of the molecule is Cc1cc(SC(C)(C)CCl)cc(C#N)n1. The molecule has 80 valence electrons. The van der Waals surface area contributed by atoms with Crippen molar-refractivity contribution >= 4 is 23.4 Å². The largest absolute Gasteiger partial charge is 0.242 e. The molecule has 0 atom stereocenters. The lowest BCUT2D eigenvalue weighted by Gasteiger charge is -2.20. The van der Waals surface area contributed by atoms with Crippen LogP contribution in [-0.2, 0) is 0 Å². The molecule has 0 spiro atoms. The van der Waals surface area contributed by atoms with Gasteiger partial charge in [-0.05, 0) is 32.9 Å². The summed E-state index contributed by atoms with van der Waals surface area (Å²) in [4.78, 5) is 5.15. The van der Waals surface area contributed by atoms with Crippen molar-refractivity contribution < 1.29 is 0 Å². The van der Waals surface area contributed by atoms with Crippen LogP contribution in [0.5, 0.6) is 0 Å². The molecule has 0 N–H and O–H groups in total. The van der Waals surface area contributed by atoms with Crippen LogP contribution in [0.4, 0.5) is 0 Å². The molecule has 1 rings (SSSR count). The molecule has 4 heteroatoms. The second kappa shape index (κ2) is 4.87. The first-order valence-corrected chi connectivity index (χ1v) is 5.96. The van der Waals surface area contributed by atoms with Crippen molar-refractivity contribution in [3.05, 3.63) is 23.5 Å². The smallest absolute Gasteiger partial charge is 0.141 e. The fourth-order valence-electron chi connectivity index (χ4n) is 1.10. The topological polar surface area (TPSA) is 36.7 Å². The highest BCUT2D eigenvalue weighted by molar-refractivity contribution is 8.00. The van der Waals surface area contributed by atoms with Crippen LogP contribution < -0.4 is 0 Å². The van der Waals surface area contributed by atoms with Crippen LogP contribution in [0.15, 0.2) is 17.0 Å². The molecular formula is C11H13ClN2S. The zero-order valence-corrected chi connectivity index (χ0v) is 10.6. The van der Waals surface area contributed by atoms with Gasteiger partial charge in [-0.1, -0.05) is 0 Å². The second-order valence-electron chi connectivity index (χ2n) is 3.94. The van der Waals surface area contributed by atoms with E-state index in [0.717, 1.165) is 10.6 Å². The summed E-state index contributed by atoms with van der Waals surface area (Å²) >= 11 is 7.52. The van der Waals surface area contributed by atoms with Gasteiger partial charge < -0.3 is 0 Å². The average molecular weight is 241 g/mol. The molecule has 15 heavy (non-hydrogen) atoms. The van der Waals surface area contributed by atoms with E-state index in [9.17, 15) is 0 Å². The predicted molar refractivity (Wildman–Crippen MR) is 64.3 cm³/mol. The molecule has 0 saturated carbocycles. The average Bonchev–Trinajstić information content (AvgIpc) is 2.16. The number of hydrogen-bond donors (Lipinski definition) is 0. The van der Waals surface area contributed by atoms with Gasteiger partial charge in [-0.25, -0.2) is 4.98 Å². The van der Waals surface area contributed by atoms with Gasteiger partial charge in [-0.15, -0.1) is 23.4 Å². The Bertz CT molecular complexity index is 396. The maximum absolute atomic E-state index is 8.79. The summed E-state index contributed by atoms with van der Waals surface area (Å²) in [6.45, 7) is 6.04. The van der Waals surface area contributed by atoms with E-state index in [1.54, 1.807) is 17.8 Å². The van der Waals surface area contributed by atoms with Gasteiger partial charge in [-0.2, -0.15) is 5.26 Å². The van der Waals surface area contributed by atoms with Gasteiger partial charge in [0.15, 0.2) is 0 Å². The minimum Gasteiger partial charge on any atom is -0.242 e. The highest BCUT2D eigenvalue weighted by Crippen LogP contribution is 2.33. The Morgan fingerprint density at radius 2 is 2.20 bits per heavy atom. The molecule has 1 aromatic heterocycles. The van der Waals surface area contributed by atoms with Crippen molar-refractivity contribution in [2.24, 2.45) is 0 Å². The zero-order valence-electron chi connectivity index (χ0n) is 9.04. The summed E-state index contributed by atoms with van der Waals surface area (Å²) in [6, 6.07) is 5.82. The molecule has 0 fully saturated rings. The Balaban J connectivity index is 2.96. The molecule has 0 aliphatic carbocycles. The summed E-state index contributed by atoms with van der Waals surface area (Å²) in [5.41, 5.74) is 1.32. The molecule has 0 radical (unpaired) electrons. The maximum Gasteiger partial charge on any atom is 0.141 e. The fourth-order valence-corrected chi connectivity index (χ4v) is 2.36. The van der Waals surface area contributed by atoms with Crippen LogP contribution in [0.2, 0.25) is 0 Å². The number of aromatic nitrogens is 1. The Morgan fingerprint density at radius 1 is 1.53 bits per heavy atom. The van der Waals surface area contributed by atoms with Crippen LogP contribution in [0.1, 0.15) is 25.2 Å². The molecule has 0 aromatic carbocycles. The quantitative estimate of drug-likeness (QED) is 0.601. The summed E-state index contributed by atoms with van der Waals surface area (Å²) < 4.78 is -0.0257. The number of pyridine rings is 1. The molecule has 0 aliphatic rings. The number of aryl methyl sites for hydroxylation is 1. The Labute approximate surface area is 99.7 Å². The lowest BCUT2D eigenvalue weighted by Crippen LogP contribution is -2.16.